The van der Waals surface area contributed by atoms with Crippen molar-refractivity contribution >= 4 is 38.8 Å². The molecule has 0 bridgehead atoms. The number of ether oxygens (including phenoxy) is 1. The Labute approximate surface area is 181 Å². The van der Waals surface area contributed by atoms with E-state index in [1.807, 2.05) is 6.92 Å². The zero-order valence-corrected chi connectivity index (χ0v) is 18.3. The molecule has 166 valence electrons. The summed E-state index contributed by atoms with van der Waals surface area (Å²) in [6.07, 6.45) is 1.55. The quantitative estimate of drug-likeness (QED) is 0.485. The van der Waals surface area contributed by atoms with Gasteiger partial charge in [-0.1, -0.05) is 24.9 Å². The predicted molar refractivity (Wildman–Crippen MR) is 112 cm³/mol. The van der Waals surface area contributed by atoms with Gasteiger partial charge in [0.2, 0.25) is 10.0 Å². The number of benzene rings is 1. The average molecular weight is 470 g/mol. The van der Waals surface area contributed by atoms with Gasteiger partial charge in [-0.3, -0.25) is 14.3 Å². The molecule has 13 heteroatoms. The van der Waals surface area contributed by atoms with Crippen molar-refractivity contribution in [2.45, 2.75) is 37.8 Å². The highest BCUT2D eigenvalue weighted by molar-refractivity contribution is 7.89. The van der Waals surface area contributed by atoms with Crippen LogP contribution in [-0.2, 0) is 35.0 Å². The van der Waals surface area contributed by atoms with Gasteiger partial charge in [0.15, 0.2) is 11.2 Å². The number of rotatable bonds is 7. The molecule has 2 heterocycles. The van der Waals surface area contributed by atoms with Gasteiger partial charge in [-0.15, -0.1) is 0 Å². The lowest BCUT2D eigenvalue weighted by atomic mass is 10.2. The number of esters is 1. The number of nitrogens with zero attached hydrogens (tertiary/aromatic N) is 3. The molecule has 0 saturated heterocycles. The van der Waals surface area contributed by atoms with Crippen molar-refractivity contribution < 1.29 is 17.9 Å². The topological polar surface area (TPSA) is 159 Å². The molecule has 3 aromatic rings. The Morgan fingerprint density at radius 1 is 1.32 bits per heavy atom. The molecular weight excluding hydrogens is 450 g/mol. The minimum absolute atomic E-state index is 0.0211. The number of carbonyl (C=O) groups excluding carboxylic acids is 1. The van der Waals surface area contributed by atoms with E-state index in [4.69, 9.17) is 21.5 Å². The maximum absolute atomic E-state index is 12.5. The molecule has 0 radical (unpaired) electrons. The Morgan fingerprint density at radius 2 is 2.03 bits per heavy atom. The van der Waals surface area contributed by atoms with E-state index in [0.29, 0.717) is 13.0 Å². The van der Waals surface area contributed by atoms with Crippen LogP contribution in [0, 0.1) is 0 Å². The number of aromatic amines is 1. The van der Waals surface area contributed by atoms with Crippen molar-refractivity contribution in [2.24, 2.45) is 12.2 Å². The summed E-state index contributed by atoms with van der Waals surface area (Å²) in [6.45, 7) is 1.99. The molecule has 3 N–H and O–H groups in total. The largest absolute Gasteiger partial charge is 0.454 e. The number of nitrogens with one attached hydrogen (secondary N) is 1. The molecule has 0 saturated carbocycles. The first-order valence-electron chi connectivity index (χ1n) is 9.22. The number of nitrogens with two attached hydrogens (primary N) is 1. The summed E-state index contributed by atoms with van der Waals surface area (Å²) in [7, 11) is -2.49. The van der Waals surface area contributed by atoms with Crippen molar-refractivity contribution in [3.05, 3.63) is 55.4 Å². The van der Waals surface area contributed by atoms with Gasteiger partial charge >= 0.3 is 11.7 Å². The Bertz CT molecular complexity index is 1390. The zero-order valence-electron chi connectivity index (χ0n) is 16.7. The molecule has 0 fully saturated rings. The molecule has 31 heavy (non-hydrogen) atoms. The molecule has 0 aliphatic heterocycles. The van der Waals surface area contributed by atoms with Crippen molar-refractivity contribution in [1.82, 2.24) is 19.1 Å². The number of sulfonamides is 1. The molecule has 0 unspecified atom stereocenters. The van der Waals surface area contributed by atoms with Gasteiger partial charge in [0.05, 0.1) is 15.5 Å². The first kappa shape index (κ1) is 22.7. The van der Waals surface area contributed by atoms with Crippen LogP contribution in [0.2, 0.25) is 5.02 Å². The summed E-state index contributed by atoms with van der Waals surface area (Å²) in [5.41, 5.74) is -1.02. The summed E-state index contributed by atoms with van der Waals surface area (Å²) in [5, 5.41) is 5.06. The Kier molecular flexibility index (Phi) is 6.34. The van der Waals surface area contributed by atoms with Crippen LogP contribution in [0.25, 0.3) is 11.2 Å². The van der Waals surface area contributed by atoms with Crippen molar-refractivity contribution in [3.8, 4) is 0 Å². The number of imidazole rings is 1. The standard InChI is InChI=1S/C18H20ClN5O6S/c1-3-4-7-24-15-14(16(25)22-18(24)27)23(2)13(21-15)9-30-17(26)11-8-10(31(20,28)29)5-6-12(11)19/h5-6,8H,3-4,7,9H2,1-2H3,(H2,20,28,29)(H,22,25,27). The lowest BCUT2D eigenvalue weighted by Gasteiger charge is -2.08. The van der Waals surface area contributed by atoms with Crippen molar-refractivity contribution in [3.63, 3.8) is 0 Å². The number of hydrogen-bond donors (Lipinski definition) is 2. The van der Waals surface area contributed by atoms with Crippen LogP contribution < -0.4 is 16.4 Å². The van der Waals surface area contributed by atoms with Gasteiger partial charge in [0.25, 0.3) is 5.56 Å². The number of aromatic nitrogens is 4. The molecule has 0 spiro atoms. The van der Waals surface area contributed by atoms with E-state index in [1.165, 1.54) is 21.3 Å². The zero-order chi connectivity index (χ0) is 22.9. The molecular formula is C18H20ClN5O6S. The summed E-state index contributed by atoms with van der Waals surface area (Å²) < 4.78 is 31.0. The van der Waals surface area contributed by atoms with Crippen LogP contribution in [0.5, 0.6) is 0 Å². The lowest BCUT2D eigenvalue weighted by Crippen LogP contribution is -2.31. The fourth-order valence-electron chi connectivity index (χ4n) is 2.99. The molecule has 0 aliphatic rings. The highest BCUT2D eigenvalue weighted by Gasteiger charge is 2.20. The highest BCUT2D eigenvalue weighted by atomic mass is 35.5. The van der Waals surface area contributed by atoms with E-state index in [1.54, 1.807) is 7.05 Å². The van der Waals surface area contributed by atoms with E-state index in [-0.39, 0.29) is 39.1 Å². The van der Waals surface area contributed by atoms with Crippen molar-refractivity contribution in [1.29, 1.82) is 0 Å². The molecule has 11 nitrogen and oxygen atoms in total. The van der Waals surface area contributed by atoms with Gasteiger partial charge < -0.3 is 9.30 Å². The van der Waals surface area contributed by atoms with E-state index in [2.05, 4.69) is 9.97 Å². The second-order valence-corrected chi connectivity index (χ2v) is 8.76. The fraction of sp³-hybridized carbons (Fsp3) is 0.333. The monoisotopic (exact) mass is 469 g/mol. The minimum atomic E-state index is -4.04. The van der Waals surface area contributed by atoms with Gasteiger partial charge in [-0.05, 0) is 24.6 Å². The maximum atomic E-state index is 12.5. The Balaban J connectivity index is 1.94. The minimum Gasteiger partial charge on any atom is -0.454 e. The van der Waals surface area contributed by atoms with Gasteiger partial charge in [0, 0.05) is 13.6 Å². The number of unbranched alkanes of at least 4 members (excludes halogenated alkanes) is 1. The van der Waals surface area contributed by atoms with E-state index >= 15 is 0 Å². The van der Waals surface area contributed by atoms with E-state index in [9.17, 15) is 22.8 Å². The summed E-state index contributed by atoms with van der Waals surface area (Å²) in [6, 6.07) is 3.41. The molecule has 0 amide bonds. The summed E-state index contributed by atoms with van der Waals surface area (Å²) >= 11 is 5.99. The third-order valence-corrected chi connectivity index (χ3v) is 5.90. The number of fused-ring (bicyclic) bond motifs is 1. The Morgan fingerprint density at radius 3 is 2.68 bits per heavy atom. The highest BCUT2D eigenvalue weighted by Crippen LogP contribution is 2.21. The van der Waals surface area contributed by atoms with Crippen LogP contribution in [0.4, 0.5) is 0 Å². The predicted octanol–water partition coefficient (Wildman–Crippen LogP) is 0.881. The van der Waals surface area contributed by atoms with E-state index < -0.39 is 27.2 Å². The molecule has 2 aromatic heterocycles. The number of primary sulfonamides is 1. The smallest absolute Gasteiger partial charge is 0.340 e. The second-order valence-electron chi connectivity index (χ2n) is 6.79. The first-order chi connectivity index (χ1) is 14.5. The third kappa shape index (κ3) is 4.55. The van der Waals surface area contributed by atoms with Gasteiger partial charge in [0.1, 0.15) is 12.4 Å². The Hall–Kier alpha value is -2.96. The van der Waals surface area contributed by atoms with Crippen LogP contribution in [0.1, 0.15) is 35.9 Å². The first-order valence-corrected chi connectivity index (χ1v) is 11.1. The number of hydrogen-bond acceptors (Lipinski definition) is 7. The average Bonchev–Trinajstić information content (AvgIpc) is 3.02. The van der Waals surface area contributed by atoms with E-state index in [0.717, 1.165) is 12.5 Å². The van der Waals surface area contributed by atoms with Crippen LogP contribution in [0.15, 0.2) is 32.7 Å². The van der Waals surface area contributed by atoms with Crippen LogP contribution in [-0.4, -0.2) is 33.5 Å². The molecule has 1 aromatic carbocycles. The molecule has 3 rings (SSSR count). The normalized spacial score (nSPS) is 11.7. The number of aryl methyl sites for hydroxylation is 2. The summed E-state index contributed by atoms with van der Waals surface area (Å²) in [4.78, 5) is 43.2. The SMILES string of the molecule is CCCCn1c(=O)[nH]c(=O)c2c1nc(COC(=O)c1cc(S(N)(=O)=O)ccc1Cl)n2C. The number of carbonyl (C=O) groups is 1. The van der Waals surface area contributed by atoms with Crippen LogP contribution >= 0.6 is 11.6 Å². The molecule has 0 atom stereocenters. The van der Waals surface area contributed by atoms with Gasteiger partial charge in [-0.25, -0.2) is 28.1 Å². The molecule has 0 aliphatic carbocycles. The van der Waals surface area contributed by atoms with Crippen LogP contribution in [0.3, 0.4) is 0 Å². The van der Waals surface area contributed by atoms with Gasteiger partial charge in [-0.2, -0.15) is 0 Å². The fourth-order valence-corrected chi connectivity index (χ4v) is 3.72. The number of H-pyrrole nitrogens is 1. The third-order valence-electron chi connectivity index (χ3n) is 4.66. The summed E-state index contributed by atoms with van der Waals surface area (Å²) in [5.74, 6) is -0.691. The maximum Gasteiger partial charge on any atom is 0.340 e. The van der Waals surface area contributed by atoms with Crippen molar-refractivity contribution in [2.75, 3.05) is 0 Å². The lowest BCUT2D eigenvalue weighted by molar-refractivity contribution is 0.0459. The number of halogens is 1. The second kappa shape index (κ2) is 8.65.